The highest BCUT2D eigenvalue weighted by molar-refractivity contribution is 5.44. The maximum atomic E-state index is 5.93. The molecule has 0 atom stereocenters. The Bertz CT molecular complexity index is 841. The topological polar surface area (TPSA) is 61.6 Å². The van der Waals surface area contributed by atoms with Crippen molar-refractivity contribution >= 4 is 11.4 Å². The Kier molecular flexibility index (Phi) is 13.3. The number of hydrogen-bond acceptors (Lipinski definition) is 6. The lowest BCUT2D eigenvalue weighted by Gasteiger charge is -2.37. The number of quaternary nitrogens is 2. The lowest BCUT2D eigenvalue weighted by molar-refractivity contribution is -0.916. The van der Waals surface area contributed by atoms with Crippen molar-refractivity contribution in [1.82, 2.24) is 0 Å². The highest BCUT2D eigenvalue weighted by Gasteiger charge is 2.25. The van der Waals surface area contributed by atoms with E-state index in [1.54, 1.807) is 0 Å². The fourth-order valence-electron chi connectivity index (χ4n) is 4.12. The number of azo groups is 1. The Balaban J connectivity index is 0.00000228. The second-order valence-corrected chi connectivity index (χ2v) is 9.69. The van der Waals surface area contributed by atoms with Crippen LogP contribution in [0, 0.1) is 0 Å². The van der Waals surface area contributed by atoms with Crippen LogP contribution in [-0.2, 0) is 9.47 Å². The number of nitrogens with zero attached hydrogens (tertiary/aromatic N) is 4. The SMILES string of the molecule is C[N+]1(CCOc2ccc(N=Nc3ccc(OCC[N+]4(C)CCOCC4)cc3)cc2)CCOCC1.[I-].[I-]. The van der Waals surface area contributed by atoms with Gasteiger partial charge in [0.25, 0.3) is 0 Å². The van der Waals surface area contributed by atoms with Gasteiger partial charge in [0.2, 0.25) is 0 Å². The molecule has 2 aliphatic rings. The summed E-state index contributed by atoms with van der Waals surface area (Å²) in [7, 11) is 4.53. The lowest BCUT2D eigenvalue weighted by atomic mass is 10.3. The molecule has 0 bridgehead atoms. The Morgan fingerprint density at radius 3 is 1.28 bits per heavy atom. The minimum absolute atomic E-state index is 0. The summed E-state index contributed by atoms with van der Waals surface area (Å²) in [6.07, 6.45) is 0. The zero-order valence-electron chi connectivity index (χ0n) is 21.3. The smallest absolute Gasteiger partial charge is 0.137 e. The summed E-state index contributed by atoms with van der Waals surface area (Å²) < 4.78 is 24.8. The molecule has 8 nitrogen and oxygen atoms in total. The van der Waals surface area contributed by atoms with Crippen LogP contribution in [-0.4, -0.2) is 102 Å². The summed E-state index contributed by atoms with van der Waals surface area (Å²) in [5, 5.41) is 8.68. The van der Waals surface area contributed by atoms with E-state index in [0.29, 0.717) is 13.2 Å². The highest BCUT2D eigenvalue weighted by Crippen LogP contribution is 2.23. The first-order valence-corrected chi connectivity index (χ1v) is 12.2. The molecule has 0 aromatic heterocycles. The van der Waals surface area contributed by atoms with Crippen molar-refractivity contribution in [3.8, 4) is 11.5 Å². The van der Waals surface area contributed by atoms with Crippen LogP contribution in [0.5, 0.6) is 11.5 Å². The van der Waals surface area contributed by atoms with Crippen LogP contribution in [0.3, 0.4) is 0 Å². The van der Waals surface area contributed by atoms with Crippen molar-refractivity contribution in [3.63, 3.8) is 0 Å². The molecule has 2 aromatic carbocycles. The van der Waals surface area contributed by atoms with Gasteiger partial charge >= 0.3 is 0 Å². The predicted octanol–water partition coefficient (Wildman–Crippen LogP) is -2.18. The largest absolute Gasteiger partial charge is 1.00 e. The second kappa shape index (κ2) is 15.4. The minimum atomic E-state index is 0. The highest BCUT2D eigenvalue weighted by atomic mass is 127. The van der Waals surface area contributed by atoms with Gasteiger partial charge in [-0.1, -0.05) is 0 Å². The summed E-state index contributed by atoms with van der Waals surface area (Å²) in [5.74, 6) is 1.71. The summed E-state index contributed by atoms with van der Waals surface area (Å²) in [6.45, 7) is 10.9. The quantitative estimate of drug-likeness (QED) is 0.159. The van der Waals surface area contributed by atoms with E-state index in [0.717, 1.165) is 97.5 Å². The number of rotatable bonds is 10. The molecule has 2 aliphatic heterocycles. The third-order valence-electron chi connectivity index (χ3n) is 6.86. The fraction of sp³-hybridized carbons (Fsp3) is 0.538. The van der Waals surface area contributed by atoms with Crippen molar-refractivity contribution in [1.29, 1.82) is 0 Å². The average Bonchev–Trinajstić information content (AvgIpc) is 2.85. The van der Waals surface area contributed by atoms with E-state index in [4.69, 9.17) is 18.9 Å². The van der Waals surface area contributed by atoms with E-state index in [1.807, 2.05) is 48.5 Å². The van der Waals surface area contributed by atoms with Crippen LogP contribution in [0.1, 0.15) is 0 Å². The lowest BCUT2D eigenvalue weighted by Crippen LogP contribution is -3.00. The summed E-state index contributed by atoms with van der Waals surface area (Å²) in [6, 6.07) is 15.5. The minimum Gasteiger partial charge on any atom is -1.00 e. The zero-order chi connectivity index (χ0) is 23.7. The third-order valence-corrected chi connectivity index (χ3v) is 6.86. The molecule has 2 heterocycles. The van der Waals surface area contributed by atoms with E-state index in [2.05, 4.69) is 24.3 Å². The van der Waals surface area contributed by atoms with Gasteiger partial charge in [-0.15, -0.1) is 0 Å². The number of halogens is 2. The van der Waals surface area contributed by atoms with E-state index in [1.165, 1.54) is 0 Å². The number of morpholine rings is 2. The van der Waals surface area contributed by atoms with Gasteiger partial charge in [-0.3, -0.25) is 0 Å². The molecule has 0 radical (unpaired) electrons. The molecule has 200 valence electrons. The molecule has 2 saturated heterocycles. The van der Waals surface area contributed by atoms with Gasteiger partial charge in [0.05, 0.1) is 51.9 Å². The normalized spacial score (nSPS) is 18.6. The maximum Gasteiger partial charge on any atom is 0.137 e. The molecule has 10 heteroatoms. The van der Waals surface area contributed by atoms with Crippen LogP contribution < -0.4 is 57.4 Å². The molecule has 0 saturated carbocycles. The van der Waals surface area contributed by atoms with E-state index >= 15 is 0 Å². The summed E-state index contributed by atoms with van der Waals surface area (Å²) in [5.41, 5.74) is 1.59. The Hall–Kier alpha value is -1.06. The van der Waals surface area contributed by atoms with E-state index in [-0.39, 0.29) is 48.0 Å². The van der Waals surface area contributed by atoms with Gasteiger partial charge in [-0.05, 0) is 48.5 Å². The third kappa shape index (κ3) is 10.0. The molecule has 2 fully saturated rings. The maximum absolute atomic E-state index is 5.93. The van der Waals surface area contributed by atoms with Crippen molar-refractivity contribution in [2.75, 3.05) is 93.0 Å². The zero-order valence-corrected chi connectivity index (χ0v) is 25.6. The molecular formula is C26H38I2N4O4. The predicted molar refractivity (Wildman–Crippen MR) is 131 cm³/mol. The van der Waals surface area contributed by atoms with Crippen molar-refractivity contribution in [2.45, 2.75) is 0 Å². The molecule has 36 heavy (non-hydrogen) atoms. The van der Waals surface area contributed by atoms with Crippen LogP contribution >= 0.6 is 0 Å². The van der Waals surface area contributed by atoms with Crippen LogP contribution in [0.25, 0.3) is 0 Å². The Morgan fingerprint density at radius 2 is 0.944 bits per heavy atom. The molecular weight excluding hydrogens is 686 g/mol. The summed E-state index contributed by atoms with van der Waals surface area (Å²) >= 11 is 0. The molecule has 0 N–H and O–H groups in total. The first-order chi connectivity index (χ1) is 16.5. The number of benzene rings is 2. The Labute approximate surface area is 249 Å². The molecule has 0 amide bonds. The van der Waals surface area contributed by atoms with E-state index in [9.17, 15) is 0 Å². The van der Waals surface area contributed by atoms with Crippen LogP contribution in [0.15, 0.2) is 58.8 Å². The van der Waals surface area contributed by atoms with Crippen molar-refractivity contribution in [2.24, 2.45) is 10.2 Å². The van der Waals surface area contributed by atoms with Gasteiger partial charge in [0.1, 0.15) is 64.0 Å². The van der Waals surface area contributed by atoms with Crippen LogP contribution in [0.4, 0.5) is 11.4 Å². The van der Waals surface area contributed by atoms with Gasteiger partial charge < -0.3 is 75.9 Å². The molecule has 2 aromatic rings. The standard InChI is InChI=1S/C26H38N4O4.2HI/c1-29(11-17-31-18-12-29)15-21-33-25-7-3-23(4-8-25)27-28-24-5-9-26(10-6-24)34-22-16-30(2)13-19-32-20-14-30;;/h3-10H,11-22H2,1-2H3;2*1H/q+2;;/p-2. The first-order valence-electron chi connectivity index (χ1n) is 12.2. The molecule has 0 spiro atoms. The number of hydrogen-bond donors (Lipinski definition) is 0. The van der Waals surface area contributed by atoms with Crippen molar-refractivity contribution in [3.05, 3.63) is 48.5 Å². The van der Waals surface area contributed by atoms with Gasteiger partial charge in [-0.2, -0.15) is 10.2 Å². The molecule has 0 aliphatic carbocycles. The monoisotopic (exact) mass is 724 g/mol. The number of likely N-dealkylation sites (N-methyl/N-ethyl adjacent to an activating group) is 2. The van der Waals surface area contributed by atoms with Crippen molar-refractivity contribution < 1.29 is 75.9 Å². The first kappa shape index (κ1) is 31.2. The van der Waals surface area contributed by atoms with Gasteiger partial charge in [0.15, 0.2) is 0 Å². The average molecular weight is 724 g/mol. The second-order valence-electron chi connectivity index (χ2n) is 9.69. The molecule has 4 rings (SSSR count). The van der Waals surface area contributed by atoms with Gasteiger partial charge in [0, 0.05) is 0 Å². The van der Waals surface area contributed by atoms with E-state index < -0.39 is 0 Å². The molecule has 0 unspecified atom stereocenters. The van der Waals surface area contributed by atoms with Crippen LogP contribution in [0.2, 0.25) is 0 Å². The fourth-order valence-corrected chi connectivity index (χ4v) is 4.12. The summed E-state index contributed by atoms with van der Waals surface area (Å²) in [4.78, 5) is 0. The van der Waals surface area contributed by atoms with Gasteiger partial charge in [-0.25, -0.2) is 0 Å². The Morgan fingerprint density at radius 1 is 0.611 bits per heavy atom. The number of ether oxygens (including phenoxy) is 4.